The third-order valence-corrected chi connectivity index (χ3v) is 6.24. The summed E-state index contributed by atoms with van der Waals surface area (Å²) < 4.78 is 21.0. The second kappa shape index (κ2) is 11.7. The molecular formula is C27H30N4O6. The molecule has 1 heterocycles. The summed E-state index contributed by atoms with van der Waals surface area (Å²) in [6.07, 6.45) is 1.68. The first-order chi connectivity index (χ1) is 17.9. The summed E-state index contributed by atoms with van der Waals surface area (Å²) in [6, 6.07) is 19.3. The normalized spacial score (nSPS) is 11.4. The Morgan fingerprint density at radius 3 is 2.14 bits per heavy atom. The number of non-ortho nitro benzene ring substituents is 1. The number of nitro benzene ring substituents is 1. The van der Waals surface area contributed by atoms with Gasteiger partial charge in [-0.2, -0.15) is 0 Å². The second-order valence-electron chi connectivity index (χ2n) is 9.06. The van der Waals surface area contributed by atoms with Crippen LogP contribution in [0.3, 0.4) is 0 Å². The molecule has 37 heavy (non-hydrogen) atoms. The van der Waals surface area contributed by atoms with Crippen molar-refractivity contribution in [3.63, 3.8) is 0 Å². The summed E-state index contributed by atoms with van der Waals surface area (Å²) in [7, 11) is 1.60. The molecule has 194 valence electrons. The van der Waals surface area contributed by atoms with Crippen LogP contribution in [0.15, 0.2) is 65.3 Å². The number of rotatable bonds is 13. The topological polar surface area (TPSA) is 122 Å². The van der Waals surface area contributed by atoms with Crippen molar-refractivity contribution >= 4 is 22.4 Å². The fraction of sp³-hybridized carbons (Fsp3) is 0.333. The summed E-state index contributed by atoms with van der Waals surface area (Å²) in [4.78, 5) is 10.6. The van der Waals surface area contributed by atoms with Gasteiger partial charge in [0.05, 0.1) is 17.2 Å². The van der Waals surface area contributed by atoms with Gasteiger partial charge >= 0.3 is 5.69 Å². The second-order valence-corrected chi connectivity index (χ2v) is 9.06. The zero-order valence-electron chi connectivity index (χ0n) is 21.1. The van der Waals surface area contributed by atoms with Crippen LogP contribution < -0.4 is 14.8 Å². The van der Waals surface area contributed by atoms with Gasteiger partial charge in [0.25, 0.3) is 0 Å². The smallest absolute Gasteiger partial charge is 0.300 e. The van der Waals surface area contributed by atoms with E-state index in [0.717, 1.165) is 24.3 Å². The lowest BCUT2D eigenvalue weighted by atomic mass is 9.78. The van der Waals surface area contributed by atoms with E-state index in [1.807, 2.05) is 24.3 Å². The Kier molecular flexibility index (Phi) is 8.19. The molecule has 0 atom stereocenters. The number of ether oxygens (including phenoxy) is 3. The van der Waals surface area contributed by atoms with Gasteiger partial charge in [-0.3, -0.25) is 10.1 Å². The van der Waals surface area contributed by atoms with Crippen molar-refractivity contribution in [1.29, 1.82) is 0 Å². The number of anilines is 1. The van der Waals surface area contributed by atoms with Crippen molar-refractivity contribution in [1.82, 2.24) is 10.3 Å². The molecule has 0 fully saturated rings. The number of nitro groups is 1. The highest BCUT2D eigenvalue weighted by atomic mass is 16.7. The van der Waals surface area contributed by atoms with E-state index in [1.165, 1.54) is 17.2 Å². The van der Waals surface area contributed by atoms with Crippen LogP contribution in [0.5, 0.6) is 11.5 Å². The lowest BCUT2D eigenvalue weighted by Gasteiger charge is -2.26. The Labute approximate surface area is 214 Å². The van der Waals surface area contributed by atoms with Gasteiger partial charge in [-0.25, -0.2) is 4.63 Å². The molecule has 0 spiro atoms. The molecule has 4 aromatic rings. The van der Waals surface area contributed by atoms with Crippen LogP contribution in [0, 0.1) is 10.1 Å². The van der Waals surface area contributed by atoms with E-state index in [-0.39, 0.29) is 23.4 Å². The Balaban J connectivity index is 1.23. The maximum absolute atomic E-state index is 11.1. The van der Waals surface area contributed by atoms with Crippen LogP contribution >= 0.6 is 0 Å². The summed E-state index contributed by atoms with van der Waals surface area (Å²) in [5.41, 5.74) is 3.21. The minimum absolute atomic E-state index is 0.130. The van der Waals surface area contributed by atoms with Gasteiger partial charge in [0.2, 0.25) is 5.52 Å². The maximum Gasteiger partial charge on any atom is 0.300 e. The predicted molar refractivity (Wildman–Crippen MR) is 139 cm³/mol. The molecule has 1 N–H and O–H groups in total. The SMILES string of the molecule is COCOc1ccc(C(C)(C)c2ccc(OCCCCNc3ccc([N+](=O)[O-])c4nonc34)cc2)cc1. The number of hydrogen-bond acceptors (Lipinski definition) is 9. The number of benzene rings is 3. The number of unbranched alkanes of at least 4 members (excludes halogenated alkanes) is 1. The Morgan fingerprint density at radius 2 is 1.51 bits per heavy atom. The van der Waals surface area contributed by atoms with Gasteiger partial charge in [-0.1, -0.05) is 38.1 Å². The summed E-state index contributed by atoms with van der Waals surface area (Å²) >= 11 is 0. The van der Waals surface area contributed by atoms with E-state index >= 15 is 0 Å². The number of hydrogen-bond donors (Lipinski definition) is 1. The van der Waals surface area contributed by atoms with Crippen molar-refractivity contribution in [3.05, 3.63) is 81.9 Å². The molecule has 1 aromatic heterocycles. The third-order valence-electron chi connectivity index (χ3n) is 6.24. The zero-order chi connectivity index (χ0) is 26.3. The van der Waals surface area contributed by atoms with Gasteiger partial charge in [-0.05, 0) is 64.6 Å². The highest BCUT2D eigenvalue weighted by Gasteiger charge is 2.23. The fourth-order valence-corrected chi connectivity index (χ4v) is 4.01. The zero-order valence-corrected chi connectivity index (χ0v) is 21.1. The molecule has 0 saturated heterocycles. The molecule has 0 unspecified atom stereocenters. The first kappa shape index (κ1) is 25.9. The van der Waals surface area contributed by atoms with Crippen LogP contribution in [0.25, 0.3) is 11.0 Å². The van der Waals surface area contributed by atoms with Crippen molar-refractivity contribution in [3.8, 4) is 11.5 Å². The summed E-state index contributed by atoms with van der Waals surface area (Å²) in [5.74, 6) is 1.60. The van der Waals surface area contributed by atoms with Crippen LogP contribution in [-0.2, 0) is 10.2 Å². The molecule has 0 aliphatic rings. The molecular weight excluding hydrogens is 476 g/mol. The molecule has 0 bridgehead atoms. The molecule has 3 aromatic carbocycles. The monoisotopic (exact) mass is 506 g/mol. The average molecular weight is 507 g/mol. The number of nitrogens with zero attached hydrogens (tertiary/aromatic N) is 3. The van der Waals surface area contributed by atoms with E-state index in [0.29, 0.717) is 24.4 Å². The lowest BCUT2D eigenvalue weighted by Crippen LogP contribution is -2.18. The van der Waals surface area contributed by atoms with Gasteiger partial charge < -0.3 is 19.5 Å². The highest BCUT2D eigenvalue weighted by Crippen LogP contribution is 2.33. The number of aromatic nitrogens is 2. The minimum Gasteiger partial charge on any atom is -0.494 e. The van der Waals surface area contributed by atoms with Gasteiger partial charge in [0.1, 0.15) is 11.5 Å². The number of nitrogens with one attached hydrogen (secondary N) is 1. The van der Waals surface area contributed by atoms with Crippen LogP contribution in [-0.4, -0.2) is 42.3 Å². The van der Waals surface area contributed by atoms with E-state index in [9.17, 15) is 10.1 Å². The first-order valence-electron chi connectivity index (χ1n) is 12.0. The Bertz CT molecular complexity index is 1320. The van der Waals surface area contributed by atoms with Gasteiger partial charge in [-0.15, -0.1) is 0 Å². The van der Waals surface area contributed by atoms with E-state index in [2.05, 4.69) is 58.4 Å². The Hall–Kier alpha value is -4.18. The standard InChI is InChI=1S/C27H30N4O6/c1-27(2,20-8-12-22(13-9-20)36-18-34-3)19-6-10-21(11-7-19)35-17-5-4-16-28-23-14-15-24(31(32)33)26-25(23)29-37-30-26/h6-15,28H,4-5,16-18H2,1-3H3. The van der Waals surface area contributed by atoms with Gasteiger partial charge in [0, 0.05) is 25.1 Å². The molecule has 4 rings (SSSR count). The van der Waals surface area contributed by atoms with Crippen LogP contribution in [0.4, 0.5) is 11.4 Å². The van der Waals surface area contributed by atoms with Crippen molar-refractivity contribution in [2.75, 3.05) is 32.4 Å². The van der Waals surface area contributed by atoms with E-state index < -0.39 is 4.92 Å². The largest absolute Gasteiger partial charge is 0.494 e. The first-order valence-corrected chi connectivity index (χ1v) is 12.0. The molecule has 0 radical (unpaired) electrons. The number of fused-ring (bicyclic) bond motifs is 1. The molecule has 0 aliphatic carbocycles. The quantitative estimate of drug-likeness (QED) is 0.105. The average Bonchev–Trinajstić information content (AvgIpc) is 3.40. The van der Waals surface area contributed by atoms with E-state index in [4.69, 9.17) is 14.2 Å². The molecule has 0 amide bonds. The lowest BCUT2D eigenvalue weighted by molar-refractivity contribution is -0.383. The van der Waals surface area contributed by atoms with Gasteiger partial charge in [0.15, 0.2) is 12.3 Å². The van der Waals surface area contributed by atoms with E-state index in [1.54, 1.807) is 13.2 Å². The van der Waals surface area contributed by atoms with Crippen molar-refractivity contribution < 1.29 is 23.8 Å². The summed E-state index contributed by atoms with van der Waals surface area (Å²) in [6.45, 7) is 5.84. The molecule has 10 heteroatoms. The predicted octanol–water partition coefficient (Wildman–Crippen LogP) is 5.71. The molecule has 0 saturated carbocycles. The van der Waals surface area contributed by atoms with Crippen molar-refractivity contribution in [2.24, 2.45) is 0 Å². The Morgan fingerprint density at radius 1 is 0.892 bits per heavy atom. The highest BCUT2D eigenvalue weighted by molar-refractivity contribution is 5.93. The fourth-order valence-electron chi connectivity index (χ4n) is 4.01. The third kappa shape index (κ3) is 6.15. The summed E-state index contributed by atoms with van der Waals surface area (Å²) in [5, 5.41) is 21.8. The molecule has 0 aliphatic heterocycles. The van der Waals surface area contributed by atoms with Crippen LogP contribution in [0.1, 0.15) is 37.8 Å². The molecule has 10 nitrogen and oxygen atoms in total. The maximum atomic E-state index is 11.1. The van der Waals surface area contributed by atoms with Crippen LogP contribution in [0.2, 0.25) is 0 Å². The van der Waals surface area contributed by atoms with Crippen molar-refractivity contribution in [2.45, 2.75) is 32.1 Å². The number of methoxy groups -OCH3 is 1. The minimum atomic E-state index is -0.502.